The normalized spacial score (nSPS) is 28.8. The number of allylic oxidation sites excluding steroid dienone is 1. The van der Waals surface area contributed by atoms with E-state index in [0.717, 1.165) is 13.1 Å². The van der Waals surface area contributed by atoms with Crippen LogP contribution >= 0.6 is 15.9 Å². The number of benzene rings is 1. The van der Waals surface area contributed by atoms with Crippen LogP contribution in [0.15, 0.2) is 55.6 Å². The van der Waals surface area contributed by atoms with Crippen molar-refractivity contribution in [1.82, 2.24) is 20.0 Å². The van der Waals surface area contributed by atoms with Gasteiger partial charge >= 0.3 is 5.97 Å². The fourth-order valence-corrected chi connectivity index (χ4v) is 8.75. The van der Waals surface area contributed by atoms with Crippen LogP contribution in [0.25, 0.3) is 0 Å². The van der Waals surface area contributed by atoms with E-state index in [-0.39, 0.29) is 55.1 Å². The molecule has 0 aromatic heterocycles. The summed E-state index contributed by atoms with van der Waals surface area (Å²) < 4.78 is 18.4. The van der Waals surface area contributed by atoms with Crippen molar-refractivity contribution in [3.05, 3.63) is 61.2 Å². The van der Waals surface area contributed by atoms with Crippen molar-refractivity contribution in [2.75, 3.05) is 59.1 Å². The van der Waals surface area contributed by atoms with Crippen molar-refractivity contribution < 1.29 is 38.5 Å². The predicted molar refractivity (Wildman–Crippen MR) is 185 cm³/mol. The van der Waals surface area contributed by atoms with Gasteiger partial charge in [0.1, 0.15) is 17.7 Å². The van der Waals surface area contributed by atoms with Gasteiger partial charge in [0.25, 0.3) is 0 Å². The van der Waals surface area contributed by atoms with Crippen LogP contribution in [-0.4, -0.2) is 131 Å². The molecule has 0 radical (unpaired) electrons. The molecule has 2 N–H and O–H groups in total. The molecule has 13 heteroatoms. The molecule has 1 aromatic carbocycles. The standard InChI is InChI=1S/C36H49BrN4O8/c1-4-6-13-27(43)38-24(3)30(25-11-8-7-9-12-25)48-35(46)28-29-33(44)41(15-10-20-42)32(36(29)23-26(37)31(28)49-36)34(45)40(14-5-2)17-16-39-18-21-47-22-19-39/h4-5,7-9,11-12,24,26,28-32,42H,1-2,6,10,13-23H2,3H3,(H,38,43)/t24-,26?,28-,29+,30-,31-,32-,36+/m1/s1. The van der Waals surface area contributed by atoms with Crippen molar-refractivity contribution >= 4 is 39.6 Å². The number of hydrogen-bond acceptors (Lipinski definition) is 9. The van der Waals surface area contributed by atoms with Gasteiger partial charge in [-0.25, -0.2) is 0 Å². The highest BCUT2D eigenvalue weighted by Crippen LogP contribution is 2.60. The molecule has 4 aliphatic rings. The number of halogens is 1. The molecule has 268 valence electrons. The van der Waals surface area contributed by atoms with Crippen LogP contribution in [0, 0.1) is 11.8 Å². The van der Waals surface area contributed by atoms with Crippen molar-refractivity contribution in [3.63, 3.8) is 0 Å². The molecule has 0 saturated carbocycles. The molecule has 1 spiro atoms. The molecule has 49 heavy (non-hydrogen) atoms. The van der Waals surface area contributed by atoms with Gasteiger partial charge in [0.05, 0.1) is 37.2 Å². The first-order valence-electron chi connectivity index (χ1n) is 17.3. The quantitative estimate of drug-likeness (QED) is 0.140. The summed E-state index contributed by atoms with van der Waals surface area (Å²) in [6.07, 6.45) is 3.18. The number of esters is 1. The summed E-state index contributed by atoms with van der Waals surface area (Å²) in [6.45, 7) is 13.5. The third-order valence-corrected chi connectivity index (χ3v) is 10.9. The highest BCUT2D eigenvalue weighted by atomic mass is 79.9. The summed E-state index contributed by atoms with van der Waals surface area (Å²) in [5.74, 6) is -3.39. The molecule has 0 aliphatic carbocycles. The largest absolute Gasteiger partial charge is 0.455 e. The first kappa shape index (κ1) is 37.2. The smallest absolute Gasteiger partial charge is 0.313 e. The summed E-state index contributed by atoms with van der Waals surface area (Å²) in [5, 5.41) is 12.7. The number of carbonyl (C=O) groups is 4. The maximum atomic E-state index is 14.6. The number of alkyl halides is 1. The van der Waals surface area contributed by atoms with Gasteiger partial charge in [0, 0.05) is 57.1 Å². The summed E-state index contributed by atoms with van der Waals surface area (Å²) in [4.78, 5) is 61.1. The monoisotopic (exact) mass is 744 g/mol. The van der Waals surface area contributed by atoms with Crippen molar-refractivity contribution in [2.24, 2.45) is 11.8 Å². The number of aliphatic hydroxyl groups excluding tert-OH is 1. The first-order valence-corrected chi connectivity index (χ1v) is 18.2. The summed E-state index contributed by atoms with van der Waals surface area (Å²) in [6, 6.07) is 7.60. The highest BCUT2D eigenvalue weighted by Gasteiger charge is 2.77. The lowest BCUT2D eigenvalue weighted by Crippen LogP contribution is -2.57. The minimum absolute atomic E-state index is 0.137. The minimum Gasteiger partial charge on any atom is -0.455 e. The molecule has 2 bridgehead atoms. The number of nitrogens with zero attached hydrogens (tertiary/aromatic N) is 3. The van der Waals surface area contributed by atoms with E-state index in [1.54, 1.807) is 24.0 Å². The predicted octanol–water partition coefficient (Wildman–Crippen LogP) is 2.22. The highest BCUT2D eigenvalue weighted by molar-refractivity contribution is 9.09. The van der Waals surface area contributed by atoms with E-state index in [0.29, 0.717) is 44.7 Å². The molecule has 4 aliphatic heterocycles. The topological polar surface area (TPSA) is 138 Å². The number of carbonyl (C=O) groups excluding carboxylic acids is 4. The van der Waals surface area contributed by atoms with Crippen molar-refractivity contribution in [1.29, 1.82) is 0 Å². The zero-order valence-corrected chi connectivity index (χ0v) is 29.8. The Balaban J connectivity index is 1.43. The Bertz CT molecular complexity index is 1360. The molecule has 1 unspecified atom stereocenters. The van der Waals surface area contributed by atoms with Crippen LogP contribution in [-0.2, 0) is 33.4 Å². The number of rotatable bonds is 17. The van der Waals surface area contributed by atoms with Gasteiger partial charge < -0.3 is 34.4 Å². The lowest BCUT2D eigenvalue weighted by atomic mass is 9.70. The molecule has 12 nitrogen and oxygen atoms in total. The Morgan fingerprint density at radius 1 is 1.18 bits per heavy atom. The Kier molecular flexibility index (Phi) is 12.7. The Labute approximate surface area is 296 Å². The van der Waals surface area contributed by atoms with Crippen LogP contribution < -0.4 is 5.32 Å². The van der Waals surface area contributed by atoms with Crippen LogP contribution in [0.5, 0.6) is 0 Å². The summed E-state index contributed by atoms with van der Waals surface area (Å²) in [5.41, 5.74) is -0.575. The molecular formula is C36H49BrN4O8. The second-order valence-corrected chi connectivity index (χ2v) is 14.4. The summed E-state index contributed by atoms with van der Waals surface area (Å²) in [7, 11) is 0. The van der Waals surface area contributed by atoms with Crippen LogP contribution in [0.1, 0.15) is 44.3 Å². The fraction of sp³-hybridized carbons (Fsp3) is 0.611. The number of likely N-dealkylation sites (tertiary alicyclic amines) is 1. The van der Waals surface area contributed by atoms with Crippen LogP contribution in [0.2, 0.25) is 0 Å². The first-order chi connectivity index (χ1) is 23.7. The average Bonchev–Trinajstić information content (AvgIpc) is 3.70. The molecular weight excluding hydrogens is 696 g/mol. The SMILES string of the molecule is C=CCCC(=O)N[C@H](C)[C@@H](OC(=O)[C@H]1[C@@H]2O[C@@]3(CC2Br)[C@@H]1C(=O)N(CCCO)[C@@H]3C(=O)N(CC=C)CCN1CCOCC1)c1ccccc1. The Hall–Kier alpha value is -3.10. The number of amides is 3. The Morgan fingerprint density at radius 3 is 2.59 bits per heavy atom. The second-order valence-electron chi connectivity index (χ2n) is 13.3. The van der Waals surface area contributed by atoms with Gasteiger partial charge in [0.2, 0.25) is 17.7 Å². The maximum Gasteiger partial charge on any atom is 0.313 e. The molecule has 5 rings (SSSR count). The molecule has 4 fully saturated rings. The van der Waals surface area contributed by atoms with Gasteiger partial charge in [-0.05, 0) is 31.7 Å². The number of nitrogens with one attached hydrogen (secondary N) is 1. The third kappa shape index (κ3) is 7.80. The number of hydrogen-bond donors (Lipinski definition) is 2. The lowest BCUT2D eigenvalue weighted by molar-refractivity contribution is -0.162. The molecule has 3 amide bonds. The van der Waals surface area contributed by atoms with Crippen LogP contribution in [0.3, 0.4) is 0 Å². The van der Waals surface area contributed by atoms with Gasteiger partial charge in [-0.1, -0.05) is 58.4 Å². The number of morpholine rings is 1. The maximum absolute atomic E-state index is 14.6. The van der Waals surface area contributed by atoms with E-state index in [1.807, 2.05) is 30.3 Å². The lowest BCUT2D eigenvalue weighted by Gasteiger charge is -2.38. The van der Waals surface area contributed by atoms with Crippen molar-refractivity contribution in [2.45, 2.75) is 67.3 Å². The van der Waals surface area contributed by atoms with E-state index in [2.05, 4.69) is 39.3 Å². The average molecular weight is 746 g/mol. The third-order valence-electron chi connectivity index (χ3n) is 10.1. The minimum atomic E-state index is -1.27. The fourth-order valence-electron chi connectivity index (χ4n) is 7.81. The zero-order valence-electron chi connectivity index (χ0n) is 28.2. The Morgan fingerprint density at radius 2 is 1.92 bits per heavy atom. The van der Waals surface area contributed by atoms with E-state index in [9.17, 15) is 24.3 Å². The molecule has 1 aromatic rings. The zero-order chi connectivity index (χ0) is 35.1. The summed E-state index contributed by atoms with van der Waals surface area (Å²) >= 11 is 3.72. The molecule has 8 atom stereocenters. The number of aliphatic hydroxyl groups is 1. The van der Waals surface area contributed by atoms with Gasteiger partial charge in [-0.3, -0.25) is 24.1 Å². The second kappa shape index (κ2) is 16.7. The molecule has 4 saturated heterocycles. The van der Waals surface area contributed by atoms with Gasteiger partial charge in [-0.15, -0.1) is 13.2 Å². The van der Waals surface area contributed by atoms with E-state index in [1.165, 1.54) is 4.90 Å². The number of fused-ring (bicyclic) bond motifs is 1. The van der Waals surface area contributed by atoms with Crippen LogP contribution in [0.4, 0.5) is 0 Å². The van der Waals surface area contributed by atoms with E-state index in [4.69, 9.17) is 14.2 Å². The molecule has 4 heterocycles. The van der Waals surface area contributed by atoms with Gasteiger partial charge in [0.15, 0.2) is 0 Å². The van der Waals surface area contributed by atoms with Crippen molar-refractivity contribution in [3.8, 4) is 0 Å². The number of ether oxygens (including phenoxy) is 3. The van der Waals surface area contributed by atoms with Gasteiger partial charge in [-0.2, -0.15) is 0 Å². The van der Waals surface area contributed by atoms with E-state index >= 15 is 0 Å². The van der Waals surface area contributed by atoms with E-state index < -0.39 is 47.7 Å².